The van der Waals surface area contributed by atoms with Gasteiger partial charge in [0.05, 0.1) is 38.6 Å². The standard InChI is InChI=1S/C26H25NO6/c1-15-12-21(32-4)16(2)11-20(15)24(28)22-23(17-7-5-8-18(13-17)31-3)27(26(30)25(22)29)14-19-9-6-10-33-19/h5-13,23,28H,14H2,1-4H3/b24-22+. The molecule has 1 aliphatic rings. The summed E-state index contributed by atoms with van der Waals surface area (Å²) >= 11 is 0. The molecule has 0 bridgehead atoms. The number of carbonyl (C=O) groups is 2. The predicted octanol–water partition coefficient (Wildman–Crippen LogP) is 4.54. The lowest BCUT2D eigenvalue weighted by Gasteiger charge is -2.25. The first-order chi connectivity index (χ1) is 15.8. The Balaban J connectivity index is 1.91. The minimum Gasteiger partial charge on any atom is -0.507 e. The first-order valence-electron chi connectivity index (χ1n) is 10.5. The van der Waals surface area contributed by atoms with Crippen molar-refractivity contribution in [3.05, 3.63) is 88.4 Å². The van der Waals surface area contributed by atoms with Crippen LogP contribution in [-0.4, -0.2) is 35.9 Å². The molecule has 0 aliphatic carbocycles. The largest absolute Gasteiger partial charge is 0.507 e. The number of likely N-dealkylation sites (tertiary alicyclic amines) is 1. The van der Waals surface area contributed by atoms with E-state index in [0.29, 0.717) is 28.4 Å². The molecule has 2 heterocycles. The van der Waals surface area contributed by atoms with Crippen molar-refractivity contribution in [2.45, 2.75) is 26.4 Å². The molecule has 1 atom stereocenters. The summed E-state index contributed by atoms with van der Waals surface area (Å²) in [7, 11) is 3.12. The maximum atomic E-state index is 13.2. The number of nitrogens with zero attached hydrogens (tertiary/aromatic N) is 1. The van der Waals surface area contributed by atoms with Crippen LogP contribution in [0.5, 0.6) is 11.5 Å². The second kappa shape index (κ2) is 8.86. The molecule has 1 N–H and O–H groups in total. The Morgan fingerprint density at radius 2 is 1.82 bits per heavy atom. The number of ether oxygens (including phenoxy) is 2. The highest BCUT2D eigenvalue weighted by Crippen LogP contribution is 2.42. The fraction of sp³-hybridized carbons (Fsp3) is 0.231. The third-order valence-corrected chi connectivity index (χ3v) is 5.85. The van der Waals surface area contributed by atoms with E-state index in [0.717, 1.165) is 11.1 Å². The molecule has 1 fully saturated rings. The Kier molecular flexibility index (Phi) is 5.96. The zero-order valence-electron chi connectivity index (χ0n) is 18.9. The molecule has 3 aromatic rings. The van der Waals surface area contributed by atoms with E-state index in [1.807, 2.05) is 13.8 Å². The number of Topliss-reactive ketones (excluding diaryl/α,β-unsaturated/α-hetero) is 1. The first-order valence-corrected chi connectivity index (χ1v) is 10.5. The van der Waals surface area contributed by atoms with Gasteiger partial charge in [0.15, 0.2) is 0 Å². The SMILES string of the molecule is COc1cccc(C2/C(=C(\O)c3cc(C)c(OC)cc3C)C(=O)C(=O)N2Cc2ccco2)c1. The van der Waals surface area contributed by atoms with Crippen molar-refractivity contribution in [3.63, 3.8) is 0 Å². The number of methoxy groups -OCH3 is 2. The van der Waals surface area contributed by atoms with E-state index in [-0.39, 0.29) is 17.9 Å². The summed E-state index contributed by atoms with van der Waals surface area (Å²) in [6.45, 7) is 3.75. The van der Waals surface area contributed by atoms with Gasteiger partial charge in [0, 0.05) is 5.56 Å². The average molecular weight is 447 g/mol. The third-order valence-electron chi connectivity index (χ3n) is 5.85. The Morgan fingerprint density at radius 1 is 1.03 bits per heavy atom. The molecule has 1 aromatic heterocycles. The summed E-state index contributed by atoms with van der Waals surface area (Å²) < 4.78 is 16.1. The van der Waals surface area contributed by atoms with E-state index >= 15 is 0 Å². The number of ketones is 1. The van der Waals surface area contributed by atoms with Gasteiger partial charge in [-0.25, -0.2) is 0 Å². The quantitative estimate of drug-likeness (QED) is 0.339. The van der Waals surface area contributed by atoms with E-state index in [9.17, 15) is 14.7 Å². The number of hydrogen-bond acceptors (Lipinski definition) is 6. The number of aliphatic hydroxyl groups excluding tert-OH is 1. The maximum Gasteiger partial charge on any atom is 0.296 e. The van der Waals surface area contributed by atoms with Crippen molar-refractivity contribution in [2.24, 2.45) is 0 Å². The smallest absolute Gasteiger partial charge is 0.296 e. The van der Waals surface area contributed by atoms with Crippen LogP contribution < -0.4 is 9.47 Å². The Labute approximate surface area is 191 Å². The minimum absolute atomic E-state index is 0.0208. The maximum absolute atomic E-state index is 13.2. The van der Waals surface area contributed by atoms with E-state index < -0.39 is 17.7 Å². The summed E-state index contributed by atoms with van der Waals surface area (Å²) in [6, 6.07) is 13.3. The van der Waals surface area contributed by atoms with Gasteiger partial charge in [0.25, 0.3) is 11.7 Å². The highest BCUT2D eigenvalue weighted by molar-refractivity contribution is 6.46. The molecule has 1 unspecified atom stereocenters. The zero-order valence-corrected chi connectivity index (χ0v) is 18.9. The van der Waals surface area contributed by atoms with Gasteiger partial charge in [0.1, 0.15) is 23.0 Å². The van der Waals surface area contributed by atoms with Crippen LogP contribution in [-0.2, 0) is 16.1 Å². The molecule has 1 aliphatic heterocycles. The molecular weight excluding hydrogens is 422 g/mol. The van der Waals surface area contributed by atoms with Gasteiger partial charge in [-0.1, -0.05) is 12.1 Å². The number of rotatable bonds is 6. The van der Waals surface area contributed by atoms with Crippen molar-refractivity contribution in [2.75, 3.05) is 14.2 Å². The fourth-order valence-electron chi connectivity index (χ4n) is 4.18. The van der Waals surface area contributed by atoms with Crippen LogP contribution in [0.4, 0.5) is 0 Å². The lowest BCUT2D eigenvalue weighted by molar-refractivity contribution is -0.140. The molecule has 2 aromatic carbocycles. The van der Waals surface area contributed by atoms with Crippen LogP contribution in [0.1, 0.15) is 34.1 Å². The number of furan rings is 1. The number of amides is 1. The van der Waals surface area contributed by atoms with Crippen molar-refractivity contribution >= 4 is 17.4 Å². The summed E-state index contributed by atoms with van der Waals surface area (Å²) in [4.78, 5) is 27.7. The van der Waals surface area contributed by atoms with Gasteiger partial charge in [-0.15, -0.1) is 0 Å². The van der Waals surface area contributed by atoms with Crippen molar-refractivity contribution < 1.29 is 28.6 Å². The molecule has 7 heteroatoms. The minimum atomic E-state index is -0.813. The molecule has 1 amide bonds. The third kappa shape index (κ3) is 3.98. The topological polar surface area (TPSA) is 89.2 Å². The second-order valence-corrected chi connectivity index (χ2v) is 7.92. The highest BCUT2D eigenvalue weighted by Gasteiger charge is 2.46. The van der Waals surface area contributed by atoms with Gasteiger partial charge in [-0.05, 0) is 66.9 Å². The van der Waals surface area contributed by atoms with E-state index in [2.05, 4.69) is 0 Å². The Bertz CT molecular complexity index is 1240. The van der Waals surface area contributed by atoms with Crippen molar-refractivity contribution in [1.82, 2.24) is 4.90 Å². The first kappa shape index (κ1) is 22.2. The molecule has 4 rings (SSSR count). The van der Waals surface area contributed by atoms with E-state index in [1.54, 1.807) is 62.8 Å². The number of benzene rings is 2. The second-order valence-electron chi connectivity index (χ2n) is 7.92. The summed E-state index contributed by atoms with van der Waals surface area (Å²) in [6.07, 6.45) is 1.51. The summed E-state index contributed by atoms with van der Waals surface area (Å²) in [5.41, 5.74) is 2.65. The van der Waals surface area contributed by atoms with Gasteiger partial charge < -0.3 is 23.9 Å². The molecular formula is C26H25NO6. The van der Waals surface area contributed by atoms with Crippen molar-refractivity contribution in [3.8, 4) is 11.5 Å². The molecule has 0 saturated carbocycles. The number of hydrogen-bond donors (Lipinski definition) is 1. The molecule has 7 nitrogen and oxygen atoms in total. The molecule has 0 radical (unpaired) electrons. The lowest BCUT2D eigenvalue weighted by atomic mass is 9.93. The van der Waals surface area contributed by atoms with Gasteiger partial charge >= 0.3 is 0 Å². The monoisotopic (exact) mass is 447 g/mol. The Hall–Kier alpha value is -4.00. The van der Waals surface area contributed by atoms with E-state index in [4.69, 9.17) is 13.9 Å². The highest BCUT2D eigenvalue weighted by atomic mass is 16.5. The molecule has 0 spiro atoms. The van der Waals surface area contributed by atoms with Crippen LogP contribution in [0.25, 0.3) is 5.76 Å². The van der Waals surface area contributed by atoms with Crippen LogP contribution in [0.15, 0.2) is 64.8 Å². The van der Waals surface area contributed by atoms with Crippen LogP contribution in [0.2, 0.25) is 0 Å². The van der Waals surface area contributed by atoms with Crippen molar-refractivity contribution in [1.29, 1.82) is 0 Å². The summed E-state index contributed by atoms with van der Waals surface area (Å²) in [5.74, 6) is 0.0928. The van der Waals surface area contributed by atoms with Gasteiger partial charge in [-0.3, -0.25) is 9.59 Å². The average Bonchev–Trinajstić information content (AvgIpc) is 3.42. The molecule has 33 heavy (non-hydrogen) atoms. The number of carbonyl (C=O) groups excluding carboxylic acids is 2. The normalized spacial score (nSPS) is 17.5. The molecule has 170 valence electrons. The number of aryl methyl sites for hydroxylation is 2. The Morgan fingerprint density at radius 3 is 2.48 bits per heavy atom. The number of aliphatic hydroxyl groups is 1. The lowest BCUT2D eigenvalue weighted by Crippen LogP contribution is -2.29. The molecule has 1 saturated heterocycles. The van der Waals surface area contributed by atoms with E-state index in [1.165, 1.54) is 11.2 Å². The van der Waals surface area contributed by atoms with Gasteiger partial charge in [-0.2, -0.15) is 0 Å². The predicted molar refractivity (Wildman–Crippen MR) is 122 cm³/mol. The fourth-order valence-corrected chi connectivity index (χ4v) is 4.18. The van der Waals surface area contributed by atoms with Crippen LogP contribution in [0, 0.1) is 13.8 Å². The van der Waals surface area contributed by atoms with Crippen LogP contribution >= 0.6 is 0 Å². The zero-order chi connectivity index (χ0) is 23.7. The summed E-state index contributed by atoms with van der Waals surface area (Å²) in [5, 5.41) is 11.4. The van der Waals surface area contributed by atoms with Crippen LogP contribution in [0.3, 0.4) is 0 Å². The van der Waals surface area contributed by atoms with Gasteiger partial charge in [0.2, 0.25) is 0 Å².